The Labute approximate surface area is 252 Å². The fraction of sp³-hybridized carbons (Fsp3) is 0.500. The van der Waals surface area contributed by atoms with E-state index in [1.54, 1.807) is 14.2 Å². The number of thioether (sulfide) groups is 1. The Kier molecular flexibility index (Phi) is 15.2. The lowest BCUT2D eigenvalue weighted by Gasteiger charge is -2.36. The van der Waals surface area contributed by atoms with Crippen molar-refractivity contribution in [2.45, 2.75) is 82.8 Å². The normalized spacial score (nSPS) is 12.3. The van der Waals surface area contributed by atoms with Crippen molar-refractivity contribution in [3.05, 3.63) is 95.6 Å². The van der Waals surface area contributed by atoms with Gasteiger partial charge >= 0.3 is 0 Å². The summed E-state index contributed by atoms with van der Waals surface area (Å²) in [5, 5.41) is 11.0. The molecule has 224 valence electrons. The van der Waals surface area contributed by atoms with Crippen molar-refractivity contribution in [1.82, 2.24) is 0 Å². The highest BCUT2D eigenvalue weighted by Gasteiger charge is 2.38. The average Bonchev–Trinajstić information content (AvgIpc) is 3.03. The number of hydrogen-bond donors (Lipinski definition) is 1. The Morgan fingerprint density at radius 3 is 1.59 bits per heavy atom. The van der Waals surface area contributed by atoms with Crippen LogP contribution in [0.2, 0.25) is 0 Å². The summed E-state index contributed by atoms with van der Waals surface area (Å²) in [6.07, 6.45) is 12.8. The SMILES string of the molecule is CCCCCCCCCCCCSC[C@@H](O)COC(c1ccccc1)(c1ccc(OC)cc1)c1ccc(OC)cc1. The molecule has 3 aromatic rings. The van der Waals surface area contributed by atoms with Crippen LogP contribution in [0.4, 0.5) is 0 Å². The summed E-state index contributed by atoms with van der Waals surface area (Å²) in [5.74, 6) is 3.31. The van der Waals surface area contributed by atoms with Crippen LogP contribution in [0.15, 0.2) is 78.9 Å². The number of aliphatic hydroxyl groups is 1. The van der Waals surface area contributed by atoms with E-state index in [0.29, 0.717) is 5.75 Å². The second kappa shape index (κ2) is 18.9. The highest BCUT2D eigenvalue weighted by atomic mass is 32.2. The molecule has 0 aliphatic rings. The minimum Gasteiger partial charge on any atom is -0.497 e. The Balaban J connectivity index is 1.61. The molecule has 3 aromatic carbocycles. The summed E-state index contributed by atoms with van der Waals surface area (Å²) < 4.78 is 17.7. The predicted molar refractivity (Wildman–Crippen MR) is 173 cm³/mol. The molecule has 0 aromatic heterocycles. The van der Waals surface area contributed by atoms with E-state index in [9.17, 15) is 5.11 Å². The quantitative estimate of drug-likeness (QED) is 0.101. The van der Waals surface area contributed by atoms with E-state index in [2.05, 4.69) is 19.1 Å². The van der Waals surface area contributed by atoms with E-state index >= 15 is 0 Å². The number of rotatable bonds is 21. The highest BCUT2D eigenvalue weighted by Crippen LogP contribution is 2.41. The molecule has 0 bridgehead atoms. The van der Waals surface area contributed by atoms with E-state index in [0.717, 1.165) is 33.9 Å². The third kappa shape index (κ3) is 10.4. The first-order valence-corrected chi connectivity index (χ1v) is 16.5. The first-order chi connectivity index (χ1) is 20.1. The second-order valence-electron chi connectivity index (χ2n) is 10.7. The molecule has 41 heavy (non-hydrogen) atoms. The van der Waals surface area contributed by atoms with Crippen molar-refractivity contribution in [1.29, 1.82) is 0 Å². The van der Waals surface area contributed by atoms with Crippen LogP contribution in [0, 0.1) is 0 Å². The number of aliphatic hydroxyl groups excluding tert-OH is 1. The van der Waals surface area contributed by atoms with Crippen LogP contribution in [-0.4, -0.2) is 43.5 Å². The molecule has 0 spiro atoms. The zero-order valence-corrected chi connectivity index (χ0v) is 26.2. The molecule has 0 unspecified atom stereocenters. The van der Waals surface area contributed by atoms with Gasteiger partial charge in [-0.05, 0) is 53.1 Å². The van der Waals surface area contributed by atoms with Gasteiger partial charge in [-0.1, -0.05) is 119 Å². The largest absolute Gasteiger partial charge is 0.497 e. The van der Waals surface area contributed by atoms with Crippen molar-refractivity contribution >= 4 is 11.8 Å². The Morgan fingerprint density at radius 1 is 0.634 bits per heavy atom. The molecule has 0 heterocycles. The van der Waals surface area contributed by atoms with Gasteiger partial charge in [0.25, 0.3) is 0 Å². The van der Waals surface area contributed by atoms with Crippen LogP contribution in [0.1, 0.15) is 87.8 Å². The van der Waals surface area contributed by atoms with Gasteiger partial charge in [0.1, 0.15) is 17.1 Å². The van der Waals surface area contributed by atoms with Crippen molar-refractivity contribution in [3.8, 4) is 11.5 Å². The maximum absolute atomic E-state index is 11.0. The van der Waals surface area contributed by atoms with Crippen LogP contribution in [0.25, 0.3) is 0 Å². The summed E-state index contributed by atoms with van der Waals surface area (Å²) in [6, 6.07) is 26.2. The van der Waals surface area contributed by atoms with E-state index in [1.165, 1.54) is 64.2 Å². The summed E-state index contributed by atoms with van der Waals surface area (Å²) in [5.41, 5.74) is 2.04. The Bertz CT molecular complexity index is 1020. The van der Waals surface area contributed by atoms with E-state index < -0.39 is 11.7 Å². The topological polar surface area (TPSA) is 47.9 Å². The minimum absolute atomic E-state index is 0.220. The lowest BCUT2D eigenvalue weighted by atomic mass is 9.80. The van der Waals surface area contributed by atoms with Gasteiger partial charge in [0.15, 0.2) is 0 Å². The lowest BCUT2D eigenvalue weighted by Crippen LogP contribution is -2.36. The number of methoxy groups -OCH3 is 2. The maximum atomic E-state index is 11.0. The van der Waals surface area contributed by atoms with Gasteiger partial charge in [0, 0.05) is 5.75 Å². The predicted octanol–water partition coefficient (Wildman–Crippen LogP) is 9.03. The lowest BCUT2D eigenvalue weighted by molar-refractivity contribution is -0.0312. The fourth-order valence-corrected chi connectivity index (χ4v) is 6.20. The van der Waals surface area contributed by atoms with E-state index in [-0.39, 0.29) is 6.61 Å². The smallest absolute Gasteiger partial charge is 0.143 e. The molecular formula is C36H50O4S. The molecule has 0 amide bonds. The second-order valence-corrected chi connectivity index (χ2v) is 11.9. The summed E-state index contributed by atoms with van der Waals surface area (Å²) in [6.45, 7) is 2.49. The number of unbranched alkanes of at least 4 members (excludes halogenated alkanes) is 9. The Hall–Kier alpha value is -2.47. The van der Waals surface area contributed by atoms with Gasteiger partial charge in [-0.25, -0.2) is 0 Å². The average molecular weight is 579 g/mol. The molecule has 0 saturated carbocycles. The van der Waals surface area contributed by atoms with Gasteiger partial charge in [-0.3, -0.25) is 0 Å². The van der Waals surface area contributed by atoms with Crippen molar-refractivity contribution in [2.75, 3.05) is 32.3 Å². The van der Waals surface area contributed by atoms with Crippen LogP contribution in [0.5, 0.6) is 11.5 Å². The van der Waals surface area contributed by atoms with Gasteiger partial charge in [0.2, 0.25) is 0 Å². The molecule has 0 fully saturated rings. The van der Waals surface area contributed by atoms with Crippen LogP contribution < -0.4 is 9.47 Å². The van der Waals surface area contributed by atoms with Gasteiger partial charge in [-0.2, -0.15) is 11.8 Å². The third-order valence-electron chi connectivity index (χ3n) is 7.62. The molecular weight excluding hydrogens is 528 g/mol. The van der Waals surface area contributed by atoms with Gasteiger partial charge < -0.3 is 19.3 Å². The van der Waals surface area contributed by atoms with Crippen LogP contribution in [0.3, 0.4) is 0 Å². The first-order valence-electron chi connectivity index (χ1n) is 15.4. The zero-order valence-electron chi connectivity index (χ0n) is 25.4. The van der Waals surface area contributed by atoms with E-state index in [1.807, 2.05) is 78.5 Å². The van der Waals surface area contributed by atoms with Crippen molar-refractivity contribution < 1.29 is 19.3 Å². The summed E-state index contributed by atoms with van der Waals surface area (Å²) >= 11 is 1.82. The standard InChI is InChI=1S/C36H50O4S/c1-4-5-6-7-8-9-10-11-12-16-27-41-29-33(37)28-40-36(30-17-14-13-15-18-30,31-19-23-34(38-2)24-20-31)32-21-25-35(39-3)26-22-32/h13-15,17-26,33,37H,4-12,16,27-29H2,1-3H3/t33-/m0/s1. The summed E-state index contributed by atoms with van der Waals surface area (Å²) in [4.78, 5) is 0. The van der Waals surface area contributed by atoms with Crippen molar-refractivity contribution in [3.63, 3.8) is 0 Å². The number of ether oxygens (including phenoxy) is 3. The fourth-order valence-electron chi connectivity index (χ4n) is 5.25. The maximum Gasteiger partial charge on any atom is 0.143 e. The third-order valence-corrected chi connectivity index (χ3v) is 8.82. The minimum atomic E-state index is -0.901. The molecule has 3 rings (SSSR count). The first kappa shape index (κ1) is 33.0. The van der Waals surface area contributed by atoms with E-state index in [4.69, 9.17) is 14.2 Å². The number of benzene rings is 3. The molecule has 0 aliphatic heterocycles. The number of hydrogen-bond acceptors (Lipinski definition) is 5. The molecule has 1 atom stereocenters. The highest BCUT2D eigenvalue weighted by molar-refractivity contribution is 7.99. The molecule has 0 saturated heterocycles. The molecule has 1 N–H and O–H groups in total. The molecule has 4 nitrogen and oxygen atoms in total. The molecule has 0 radical (unpaired) electrons. The van der Waals surface area contributed by atoms with Crippen LogP contribution in [-0.2, 0) is 10.3 Å². The van der Waals surface area contributed by atoms with Crippen molar-refractivity contribution in [2.24, 2.45) is 0 Å². The Morgan fingerprint density at radius 2 is 1.10 bits per heavy atom. The molecule has 0 aliphatic carbocycles. The summed E-state index contributed by atoms with van der Waals surface area (Å²) in [7, 11) is 3.34. The van der Waals surface area contributed by atoms with Gasteiger partial charge in [-0.15, -0.1) is 0 Å². The monoisotopic (exact) mass is 578 g/mol. The zero-order chi connectivity index (χ0) is 29.2. The molecule has 5 heteroatoms. The van der Waals surface area contributed by atoms with Crippen LogP contribution >= 0.6 is 11.8 Å². The van der Waals surface area contributed by atoms with Gasteiger partial charge in [0.05, 0.1) is 26.9 Å².